The Morgan fingerprint density at radius 3 is 2.24 bits per heavy atom. The van der Waals surface area contributed by atoms with Gasteiger partial charge in [-0.15, -0.1) is 10.2 Å². The van der Waals surface area contributed by atoms with E-state index in [-0.39, 0.29) is 35.5 Å². The molecule has 3 aromatic rings. The maximum Gasteiger partial charge on any atom is 0.417 e. The van der Waals surface area contributed by atoms with Crippen LogP contribution in [0.15, 0.2) is 30.9 Å². The van der Waals surface area contributed by atoms with Crippen LogP contribution < -0.4 is 10.6 Å². The first-order chi connectivity index (χ1) is 17.8. The number of nitrogens with one attached hydrogen (secondary N) is 2. The lowest BCUT2D eigenvalue weighted by Crippen LogP contribution is -2.31. The number of pyridine rings is 1. The number of amides is 2. The molecule has 37 heavy (non-hydrogen) atoms. The third-order valence-corrected chi connectivity index (χ3v) is 5.66. The summed E-state index contributed by atoms with van der Waals surface area (Å²) in [6.07, 6.45) is 3.91. The van der Waals surface area contributed by atoms with Crippen molar-refractivity contribution >= 4 is 11.8 Å². The molecule has 1 fully saturated rings. The van der Waals surface area contributed by atoms with Crippen molar-refractivity contribution in [1.29, 1.82) is 0 Å². The minimum Gasteiger partial charge on any atom is -0.376 e. The number of unbranched alkanes of at least 4 members (excludes halogenated alkanes) is 1. The molecule has 4 heterocycles. The Morgan fingerprint density at radius 2 is 1.65 bits per heavy atom. The van der Waals surface area contributed by atoms with E-state index in [0.29, 0.717) is 32.5 Å². The number of aryl methyl sites for hydroxylation is 2. The largest absolute Gasteiger partial charge is 0.417 e. The highest BCUT2D eigenvalue weighted by Gasteiger charge is 2.31. The molecule has 0 radical (unpaired) electrons. The van der Waals surface area contributed by atoms with Gasteiger partial charge in [-0.25, -0.2) is 0 Å². The summed E-state index contributed by atoms with van der Waals surface area (Å²) < 4.78 is 46.9. The number of hydrogen-bond donors (Lipinski definition) is 2. The highest BCUT2D eigenvalue weighted by Crippen LogP contribution is 2.28. The molecule has 0 bridgehead atoms. The van der Waals surface area contributed by atoms with E-state index in [9.17, 15) is 22.8 Å². The van der Waals surface area contributed by atoms with Crippen LogP contribution in [0.2, 0.25) is 0 Å². The Hall–Kier alpha value is -3.88. The first kappa shape index (κ1) is 26.2. The Kier molecular flexibility index (Phi) is 8.43. The molecule has 1 saturated heterocycles. The zero-order chi connectivity index (χ0) is 26.3. The number of ether oxygens (including phenoxy) is 1. The van der Waals surface area contributed by atoms with Crippen molar-refractivity contribution in [2.75, 3.05) is 13.2 Å². The summed E-state index contributed by atoms with van der Waals surface area (Å²) in [4.78, 5) is 28.0. The van der Waals surface area contributed by atoms with Gasteiger partial charge in [0.25, 0.3) is 11.8 Å². The smallest absolute Gasteiger partial charge is 0.376 e. The summed E-state index contributed by atoms with van der Waals surface area (Å²) >= 11 is 0. The standard InChI is InChI=1S/C22H26F3N9O3/c23-22(24,25)16-8-15(9-26-11-16)10-27-20(35)18-13-33(31-29-18)5-1-2-6-34-14-19(30-32-34)21(36)28-12-17-4-3-7-37-17/h8-9,11,13-14,17H,1-7,10,12H2,(H,27,35)(H,28,36). The lowest BCUT2D eigenvalue weighted by Gasteiger charge is -2.09. The number of hydrogen-bond acceptors (Lipinski definition) is 8. The maximum atomic E-state index is 12.8. The molecule has 0 aliphatic carbocycles. The molecule has 12 nitrogen and oxygen atoms in total. The van der Waals surface area contributed by atoms with Crippen molar-refractivity contribution < 1.29 is 27.5 Å². The van der Waals surface area contributed by atoms with Gasteiger partial charge < -0.3 is 15.4 Å². The second-order valence-electron chi connectivity index (χ2n) is 8.55. The van der Waals surface area contributed by atoms with Gasteiger partial charge in [0.05, 0.1) is 24.1 Å². The van der Waals surface area contributed by atoms with E-state index >= 15 is 0 Å². The van der Waals surface area contributed by atoms with Crippen LogP contribution in [-0.4, -0.2) is 66.0 Å². The van der Waals surface area contributed by atoms with Crippen molar-refractivity contribution in [2.24, 2.45) is 0 Å². The molecular weight excluding hydrogens is 495 g/mol. The van der Waals surface area contributed by atoms with E-state index in [1.165, 1.54) is 17.1 Å². The van der Waals surface area contributed by atoms with Crippen molar-refractivity contribution in [1.82, 2.24) is 45.6 Å². The highest BCUT2D eigenvalue weighted by atomic mass is 19.4. The van der Waals surface area contributed by atoms with Crippen LogP contribution >= 0.6 is 0 Å². The molecule has 0 spiro atoms. The summed E-state index contributed by atoms with van der Waals surface area (Å²) in [6.45, 7) is 2.07. The number of aromatic nitrogens is 7. The summed E-state index contributed by atoms with van der Waals surface area (Å²) in [6, 6.07) is 0.931. The molecule has 1 aliphatic rings. The van der Waals surface area contributed by atoms with Crippen LogP contribution in [0.3, 0.4) is 0 Å². The van der Waals surface area contributed by atoms with Crippen LogP contribution in [0.25, 0.3) is 0 Å². The molecule has 3 aromatic heterocycles. The Balaban J connectivity index is 1.16. The second kappa shape index (κ2) is 11.9. The predicted molar refractivity (Wildman–Crippen MR) is 121 cm³/mol. The Labute approximate surface area is 209 Å². The van der Waals surface area contributed by atoms with Gasteiger partial charge in [0.15, 0.2) is 11.4 Å². The molecule has 2 N–H and O–H groups in total. The number of alkyl halides is 3. The second-order valence-corrected chi connectivity index (χ2v) is 8.55. The molecule has 1 atom stereocenters. The molecule has 1 aliphatic heterocycles. The average Bonchev–Trinajstić information content (AvgIpc) is 3.65. The molecule has 1 unspecified atom stereocenters. The number of carbonyl (C=O) groups excluding carboxylic acids is 2. The summed E-state index contributed by atoms with van der Waals surface area (Å²) in [5.41, 5.74) is -0.377. The Morgan fingerprint density at radius 1 is 1.00 bits per heavy atom. The molecule has 15 heteroatoms. The van der Waals surface area contributed by atoms with Crippen LogP contribution in [0, 0.1) is 0 Å². The van der Waals surface area contributed by atoms with Gasteiger partial charge >= 0.3 is 6.18 Å². The van der Waals surface area contributed by atoms with Gasteiger partial charge in [-0.3, -0.25) is 23.9 Å². The SMILES string of the molecule is O=C(NCc1cncc(C(F)(F)F)c1)c1cn(CCCCn2cc(C(=O)NCC3CCCO3)nn2)nn1. The van der Waals surface area contributed by atoms with Crippen molar-refractivity contribution in [3.05, 3.63) is 53.4 Å². The van der Waals surface area contributed by atoms with Crippen molar-refractivity contribution in [2.45, 2.75) is 57.6 Å². The van der Waals surface area contributed by atoms with E-state index in [0.717, 1.165) is 31.7 Å². The van der Waals surface area contributed by atoms with Gasteiger partial charge in [0.1, 0.15) is 0 Å². The van der Waals surface area contributed by atoms with Crippen LogP contribution in [0.5, 0.6) is 0 Å². The van der Waals surface area contributed by atoms with E-state index in [4.69, 9.17) is 4.74 Å². The lowest BCUT2D eigenvalue weighted by atomic mass is 10.2. The van der Waals surface area contributed by atoms with E-state index in [2.05, 4.69) is 36.2 Å². The predicted octanol–water partition coefficient (Wildman–Crippen LogP) is 1.60. The number of carbonyl (C=O) groups is 2. The summed E-state index contributed by atoms with van der Waals surface area (Å²) in [5.74, 6) is -0.851. The number of rotatable bonds is 11. The molecule has 0 saturated carbocycles. The molecule has 198 valence electrons. The van der Waals surface area contributed by atoms with Gasteiger partial charge in [0.2, 0.25) is 0 Å². The zero-order valence-corrected chi connectivity index (χ0v) is 19.8. The number of nitrogens with zero attached hydrogens (tertiary/aromatic N) is 7. The molecule has 0 aromatic carbocycles. The quantitative estimate of drug-likeness (QED) is 0.363. The van der Waals surface area contributed by atoms with Crippen LogP contribution in [0.1, 0.15) is 57.8 Å². The Bertz CT molecular complexity index is 1210. The monoisotopic (exact) mass is 521 g/mol. The van der Waals surface area contributed by atoms with Crippen LogP contribution in [-0.2, 0) is 30.5 Å². The third-order valence-electron chi connectivity index (χ3n) is 5.66. The number of halogens is 3. The maximum absolute atomic E-state index is 12.8. The van der Waals surface area contributed by atoms with Gasteiger partial charge in [-0.05, 0) is 37.3 Å². The molecule has 2 amide bonds. The lowest BCUT2D eigenvalue weighted by molar-refractivity contribution is -0.137. The first-order valence-corrected chi connectivity index (χ1v) is 11.8. The fraction of sp³-hybridized carbons (Fsp3) is 0.500. The zero-order valence-electron chi connectivity index (χ0n) is 19.8. The van der Waals surface area contributed by atoms with Gasteiger partial charge in [-0.2, -0.15) is 13.2 Å². The first-order valence-electron chi connectivity index (χ1n) is 11.8. The fourth-order valence-corrected chi connectivity index (χ4v) is 3.69. The fourth-order valence-electron chi connectivity index (χ4n) is 3.69. The van der Waals surface area contributed by atoms with Gasteiger partial charge in [-0.1, -0.05) is 10.4 Å². The normalized spacial score (nSPS) is 15.6. The van der Waals surface area contributed by atoms with Crippen molar-refractivity contribution in [3.8, 4) is 0 Å². The minimum atomic E-state index is -4.51. The van der Waals surface area contributed by atoms with E-state index in [1.54, 1.807) is 10.9 Å². The van der Waals surface area contributed by atoms with Gasteiger partial charge in [0, 0.05) is 45.2 Å². The molecular formula is C22H26F3N9O3. The highest BCUT2D eigenvalue weighted by molar-refractivity contribution is 5.92. The third kappa shape index (κ3) is 7.55. The van der Waals surface area contributed by atoms with Crippen LogP contribution in [0.4, 0.5) is 13.2 Å². The van der Waals surface area contributed by atoms with E-state index < -0.39 is 17.6 Å². The van der Waals surface area contributed by atoms with Crippen molar-refractivity contribution in [3.63, 3.8) is 0 Å². The minimum absolute atomic E-state index is 0.0508. The topological polar surface area (TPSA) is 142 Å². The summed E-state index contributed by atoms with van der Waals surface area (Å²) in [5, 5.41) is 20.9. The average molecular weight is 522 g/mol. The molecule has 4 rings (SSSR count). The summed E-state index contributed by atoms with van der Waals surface area (Å²) in [7, 11) is 0. The van der Waals surface area contributed by atoms with E-state index in [1.807, 2.05) is 0 Å².